The highest BCUT2D eigenvalue weighted by atomic mass is 16.5. The van der Waals surface area contributed by atoms with Crippen molar-refractivity contribution in [3.05, 3.63) is 29.8 Å². The predicted molar refractivity (Wildman–Crippen MR) is 64.6 cm³/mol. The zero-order valence-corrected chi connectivity index (χ0v) is 9.67. The average molecular weight is 237 g/mol. The van der Waals surface area contributed by atoms with Gasteiger partial charge in [-0.1, -0.05) is 24.3 Å². The lowest BCUT2D eigenvalue weighted by Gasteiger charge is -2.10. The third-order valence-corrected chi connectivity index (χ3v) is 2.32. The molecule has 0 amide bonds. The lowest BCUT2D eigenvalue weighted by Crippen LogP contribution is -2.34. The quantitative estimate of drug-likeness (QED) is 0.441. The molecule has 1 aromatic carbocycles. The van der Waals surface area contributed by atoms with Gasteiger partial charge in [-0.05, 0) is 24.4 Å². The molecule has 4 N–H and O–H groups in total. The minimum atomic E-state index is -1.48. The van der Waals surface area contributed by atoms with E-state index in [-0.39, 0.29) is 0 Å². The van der Waals surface area contributed by atoms with Crippen LogP contribution in [-0.4, -0.2) is 35.8 Å². The van der Waals surface area contributed by atoms with E-state index in [2.05, 4.69) is 0 Å². The van der Waals surface area contributed by atoms with Crippen LogP contribution in [0.2, 0.25) is 0 Å². The van der Waals surface area contributed by atoms with Gasteiger partial charge in [0, 0.05) is 0 Å². The molecule has 1 rings (SSSR count). The summed E-state index contributed by atoms with van der Waals surface area (Å²) < 4.78 is 4.79. The van der Waals surface area contributed by atoms with Crippen molar-refractivity contribution in [1.82, 2.24) is 0 Å². The van der Waals surface area contributed by atoms with Gasteiger partial charge in [0.2, 0.25) is 0 Å². The number of carbonyl (C=O) groups excluding carboxylic acids is 1. The first kappa shape index (κ1) is 13.7. The minimum absolute atomic E-state index is 0.308. The van der Waals surface area contributed by atoms with Crippen molar-refractivity contribution in [1.29, 1.82) is 0 Å². The summed E-state index contributed by atoms with van der Waals surface area (Å²) in [6.07, 6.45) is 0.362. The van der Waals surface area contributed by atoms with E-state index in [1.807, 2.05) is 0 Å². The van der Waals surface area contributed by atoms with Crippen LogP contribution in [0.1, 0.15) is 12.5 Å². The maximum atomic E-state index is 11.3. The zero-order chi connectivity index (χ0) is 12.8. The maximum absolute atomic E-state index is 11.3. The lowest BCUT2D eigenvalue weighted by atomic mass is 9.80. The van der Waals surface area contributed by atoms with E-state index in [0.29, 0.717) is 18.5 Å². The number of benzene rings is 1. The first-order valence-corrected chi connectivity index (χ1v) is 5.41. The fraction of sp³-hybridized carbons (Fsp3) is 0.364. The summed E-state index contributed by atoms with van der Waals surface area (Å²) in [6.45, 7) is 2.03. The normalized spacial score (nSPS) is 12.0. The van der Waals surface area contributed by atoms with E-state index in [1.165, 1.54) is 0 Å². The van der Waals surface area contributed by atoms with E-state index >= 15 is 0 Å². The molecule has 0 aromatic heterocycles. The number of nitrogens with two attached hydrogens (primary N) is 1. The predicted octanol–water partition coefficient (Wildman–Crippen LogP) is -1.20. The number of rotatable bonds is 5. The molecular weight excluding hydrogens is 221 g/mol. The number of hydrogen-bond donors (Lipinski definition) is 3. The SMILES string of the molecule is CCOC(=O)[C@@H](N)Cc1ccc(B(O)O)cc1. The highest BCUT2D eigenvalue weighted by molar-refractivity contribution is 6.58. The molecule has 0 saturated heterocycles. The Morgan fingerprint density at radius 3 is 2.47 bits per heavy atom. The molecule has 0 saturated carbocycles. The van der Waals surface area contributed by atoms with Crippen molar-refractivity contribution in [3.63, 3.8) is 0 Å². The van der Waals surface area contributed by atoms with Crippen LogP contribution in [0, 0.1) is 0 Å². The van der Waals surface area contributed by atoms with Gasteiger partial charge >= 0.3 is 13.1 Å². The van der Waals surface area contributed by atoms with Gasteiger partial charge in [-0.3, -0.25) is 4.79 Å². The second-order valence-corrected chi connectivity index (χ2v) is 3.68. The van der Waals surface area contributed by atoms with Gasteiger partial charge in [0.1, 0.15) is 6.04 Å². The van der Waals surface area contributed by atoms with E-state index in [0.717, 1.165) is 5.56 Å². The van der Waals surface area contributed by atoms with Crippen LogP contribution in [-0.2, 0) is 16.0 Å². The summed E-state index contributed by atoms with van der Waals surface area (Å²) in [5, 5.41) is 17.8. The molecule has 0 heterocycles. The second kappa shape index (κ2) is 6.39. The maximum Gasteiger partial charge on any atom is 0.488 e. The van der Waals surface area contributed by atoms with Crippen LogP contribution < -0.4 is 11.2 Å². The van der Waals surface area contributed by atoms with E-state index in [4.69, 9.17) is 20.5 Å². The Balaban J connectivity index is 2.60. The topological polar surface area (TPSA) is 92.8 Å². The molecule has 0 aliphatic heterocycles. The molecule has 92 valence electrons. The fourth-order valence-electron chi connectivity index (χ4n) is 1.41. The smallest absolute Gasteiger partial charge is 0.465 e. The van der Waals surface area contributed by atoms with Crippen molar-refractivity contribution < 1.29 is 19.6 Å². The van der Waals surface area contributed by atoms with E-state index < -0.39 is 19.1 Å². The molecule has 17 heavy (non-hydrogen) atoms. The van der Waals surface area contributed by atoms with E-state index in [1.54, 1.807) is 31.2 Å². The van der Waals surface area contributed by atoms with Crippen molar-refractivity contribution >= 4 is 18.6 Å². The lowest BCUT2D eigenvalue weighted by molar-refractivity contribution is -0.144. The first-order valence-electron chi connectivity index (χ1n) is 5.41. The van der Waals surface area contributed by atoms with Crippen molar-refractivity contribution in [2.24, 2.45) is 5.73 Å². The largest absolute Gasteiger partial charge is 0.488 e. The molecule has 0 aliphatic carbocycles. The van der Waals surface area contributed by atoms with Gasteiger partial charge in [0.05, 0.1) is 6.61 Å². The third kappa shape index (κ3) is 4.18. The van der Waals surface area contributed by atoms with E-state index in [9.17, 15) is 4.79 Å². The summed E-state index contributed by atoms with van der Waals surface area (Å²) in [5.74, 6) is -0.432. The van der Waals surface area contributed by atoms with Gasteiger partial charge < -0.3 is 20.5 Å². The first-order chi connectivity index (χ1) is 8.04. The van der Waals surface area contributed by atoms with Crippen LogP contribution in [0.25, 0.3) is 0 Å². The van der Waals surface area contributed by atoms with Crippen LogP contribution in [0.3, 0.4) is 0 Å². The van der Waals surface area contributed by atoms with Gasteiger partial charge in [-0.15, -0.1) is 0 Å². The third-order valence-electron chi connectivity index (χ3n) is 2.32. The Morgan fingerprint density at radius 1 is 1.41 bits per heavy atom. The second-order valence-electron chi connectivity index (χ2n) is 3.68. The summed E-state index contributed by atoms with van der Waals surface area (Å²) in [4.78, 5) is 11.3. The number of carbonyl (C=O) groups is 1. The molecule has 1 aromatic rings. The van der Waals surface area contributed by atoms with Crippen LogP contribution in [0.15, 0.2) is 24.3 Å². The summed E-state index contributed by atoms with van der Waals surface area (Å²) in [5.41, 5.74) is 6.90. The molecule has 1 atom stereocenters. The minimum Gasteiger partial charge on any atom is -0.465 e. The molecule has 0 spiro atoms. The Hall–Kier alpha value is -1.37. The molecule has 5 nitrogen and oxygen atoms in total. The molecule has 0 aliphatic rings. The Kier molecular flexibility index (Phi) is 5.15. The van der Waals surface area contributed by atoms with Crippen molar-refractivity contribution in [2.45, 2.75) is 19.4 Å². The highest BCUT2D eigenvalue weighted by Crippen LogP contribution is 2.02. The van der Waals surface area contributed by atoms with Crippen LogP contribution >= 0.6 is 0 Å². The Labute approximate surface area is 100 Å². The summed E-state index contributed by atoms with van der Waals surface area (Å²) in [7, 11) is -1.48. The molecule has 0 bridgehead atoms. The summed E-state index contributed by atoms with van der Waals surface area (Å²) >= 11 is 0. The number of hydrogen-bond acceptors (Lipinski definition) is 5. The molecule has 0 fully saturated rings. The Morgan fingerprint density at radius 2 is 2.00 bits per heavy atom. The molecular formula is C11H16BNO4. The molecule has 0 unspecified atom stereocenters. The fourth-order valence-corrected chi connectivity index (χ4v) is 1.41. The standard InChI is InChI=1S/C11H16BNO4/c1-2-17-11(14)10(13)7-8-3-5-9(6-4-8)12(15)16/h3-6,10,15-16H,2,7,13H2,1H3/t10-/m0/s1. The van der Waals surface area contributed by atoms with Crippen LogP contribution in [0.5, 0.6) is 0 Å². The highest BCUT2D eigenvalue weighted by Gasteiger charge is 2.16. The number of ether oxygens (including phenoxy) is 1. The monoisotopic (exact) mass is 237 g/mol. The molecule has 0 radical (unpaired) electrons. The van der Waals surface area contributed by atoms with Crippen molar-refractivity contribution in [3.8, 4) is 0 Å². The van der Waals surface area contributed by atoms with Gasteiger partial charge in [0.25, 0.3) is 0 Å². The van der Waals surface area contributed by atoms with Gasteiger partial charge in [-0.25, -0.2) is 0 Å². The average Bonchev–Trinajstić information content (AvgIpc) is 2.30. The van der Waals surface area contributed by atoms with Gasteiger partial charge in [-0.2, -0.15) is 0 Å². The van der Waals surface area contributed by atoms with Gasteiger partial charge in [0.15, 0.2) is 0 Å². The molecule has 6 heteroatoms. The Bertz CT molecular complexity index is 366. The van der Waals surface area contributed by atoms with Crippen LogP contribution in [0.4, 0.5) is 0 Å². The summed E-state index contributed by atoms with van der Waals surface area (Å²) in [6, 6.07) is 5.87. The zero-order valence-electron chi connectivity index (χ0n) is 9.67. The van der Waals surface area contributed by atoms with Crippen molar-refractivity contribution in [2.75, 3.05) is 6.61 Å². The number of esters is 1.